The lowest BCUT2D eigenvalue weighted by Crippen LogP contribution is -2.42. The van der Waals surface area contributed by atoms with E-state index in [4.69, 9.17) is 4.74 Å². The van der Waals surface area contributed by atoms with Crippen molar-refractivity contribution in [3.05, 3.63) is 57.8 Å². The summed E-state index contributed by atoms with van der Waals surface area (Å²) in [7, 11) is 0. The highest BCUT2D eigenvalue weighted by molar-refractivity contribution is 7.09. The van der Waals surface area contributed by atoms with Crippen molar-refractivity contribution in [2.45, 2.75) is 38.7 Å². The van der Waals surface area contributed by atoms with Crippen LogP contribution in [-0.4, -0.2) is 30.5 Å². The number of nitrogens with zero attached hydrogens (tertiary/aromatic N) is 1. The van der Waals surface area contributed by atoms with E-state index in [9.17, 15) is 4.79 Å². The van der Waals surface area contributed by atoms with Gasteiger partial charge in [-0.05, 0) is 34.9 Å². The van der Waals surface area contributed by atoms with E-state index in [1.807, 2.05) is 11.0 Å². The number of rotatable bonds is 5. The van der Waals surface area contributed by atoms with Crippen LogP contribution in [0.25, 0.3) is 0 Å². The van der Waals surface area contributed by atoms with Crippen LogP contribution in [0.2, 0.25) is 0 Å². The summed E-state index contributed by atoms with van der Waals surface area (Å²) in [5.41, 5.74) is 2.49. The molecule has 1 atom stereocenters. The van der Waals surface area contributed by atoms with Crippen molar-refractivity contribution < 1.29 is 9.53 Å². The van der Waals surface area contributed by atoms with Gasteiger partial charge in [0.25, 0.3) is 0 Å². The smallest absolute Gasteiger partial charge is 0.223 e. The Labute approximate surface area is 148 Å². The summed E-state index contributed by atoms with van der Waals surface area (Å²) in [5.74, 6) is 0.761. The highest BCUT2D eigenvalue weighted by Crippen LogP contribution is 2.25. The van der Waals surface area contributed by atoms with Gasteiger partial charge in [-0.1, -0.05) is 44.2 Å². The van der Waals surface area contributed by atoms with Gasteiger partial charge in [-0.15, -0.1) is 11.3 Å². The van der Waals surface area contributed by atoms with Gasteiger partial charge in [0.05, 0.1) is 13.2 Å². The van der Waals surface area contributed by atoms with Crippen molar-refractivity contribution in [1.82, 2.24) is 4.90 Å². The summed E-state index contributed by atoms with van der Waals surface area (Å²) in [6.07, 6.45) is 1.41. The molecule has 0 saturated carbocycles. The Morgan fingerprint density at radius 3 is 2.75 bits per heavy atom. The van der Waals surface area contributed by atoms with E-state index in [-0.39, 0.29) is 12.0 Å². The molecule has 0 aliphatic carbocycles. The minimum atomic E-state index is -0.00866. The number of ether oxygens (including phenoxy) is 1. The Morgan fingerprint density at radius 1 is 1.29 bits per heavy atom. The van der Waals surface area contributed by atoms with E-state index in [0.29, 0.717) is 32.0 Å². The lowest BCUT2D eigenvalue weighted by atomic mass is 9.99. The van der Waals surface area contributed by atoms with Gasteiger partial charge >= 0.3 is 0 Å². The zero-order chi connectivity index (χ0) is 16.9. The molecule has 2 heterocycles. The maximum Gasteiger partial charge on any atom is 0.223 e. The fraction of sp³-hybridized carbons (Fsp3) is 0.450. The number of thiophene rings is 1. The molecule has 0 radical (unpaired) electrons. The quantitative estimate of drug-likeness (QED) is 0.805. The van der Waals surface area contributed by atoms with Gasteiger partial charge in [0.15, 0.2) is 0 Å². The summed E-state index contributed by atoms with van der Waals surface area (Å²) in [4.78, 5) is 15.7. The standard InChI is InChI=1S/C20H25NO2S/c1-15(2)16-5-7-17(8-6-16)19-14-21(11-12-23-19)20(22)10-9-18-4-3-13-24-18/h3-8,13,15,19H,9-12,14H2,1-2H3. The second-order valence-electron chi connectivity index (χ2n) is 6.60. The molecule has 1 aromatic carbocycles. The number of carbonyl (C=O) groups is 1. The van der Waals surface area contributed by atoms with E-state index in [0.717, 1.165) is 12.0 Å². The molecule has 128 valence electrons. The Morgan fingerprint density at radius 2 is 2.08 bits per heavy atom. The Balaban J connectivity index is 1.58. The second kappa shape index (κ2) is 7.95. The largest absolute Gasteiger partial charge is 0.370 e. The third kappa shape index (κ3) is 4.25. The van der Waals surface area contributed by atoms with Gasteiger partial charge in [-0.25, -0.2) is 0 Å². The highest BCUT2D eigenvalue weighted by atomic mass is 32.1. The number of morpholine rings is 1. The molecule has 3 rings (SSSR count). The Kier molecular flexibility index (Phi) is 5.69. The van der Waals surface area contributed by atoms with Gasteiger partial charge in [0, 0.05) is 17.8 Å². The van der Waals surface area contributed by atoms with Crippen molar-refractivity contribution in [3.63, 3.8) is 0 Å². The average molecular weight is 343 g/mol. The fourth-order valence-electron chi connectivity index (χ4n) is 3.02. The lowest BCUT2D eigenvalue weighted by Gasteiger charge is -2.33. The topological polar surface area (TPSA) is 29.5 Å². The lowest BCUT2D eigenvalue weighted by molar-refractivity contribution is -0.139. The first kappa shape index (κ1) is 17.2. The summed E-state index contributed by atoms with van der Waals surface area (Å²) in [5, 5.41) is 2.06. The van der Waals surface area contributed by atoms with Gasteiger partial charge in [-0.3, -0.25) is 4.79 Å². The SMILES string of the molecule is CC(C)c1ccc(C2CN(C(=O)CCc3cccs3)CCO2)cc1. The molecule has 1 saturated heterocycles. The normalized spacial score (nSPS) is 18.1. The molecule has 1 aliphatic heterocycles. The minimum Gasteiger partial charge on any atom is -0.370 e. The summed E-state index contributed by atoms with van der Waals surface area (Å²) < 4.78 is 5.90. The Bertz CT molecular complexity index is 649. The van der Waals surface area contributed by atoms with E-state index in [2.05, 4.69) is 49.6 Å². The van der Waals surface area contributed by atoms with Crippen LogP contribution in [-0.2, 0) is 16.0 Å². The Hall–Kier alpha value is -1.65. The third-order valence-electron chi connectivity index (χ3n) is 4.56. The van der Waals surface area contributed by atoms with Crippen LogP contribution >= 0.6 is 11.3 Å². The van der Waals surface area contributed by atoms with Crippen molar-refractivity contribution in [2.75, 3.05) is 19.7 Å². The number of hydrogen-bond acceptors (Lipinski definition) is 3. The molecular formula is C20H25NO2S. The molecule has 1 unspecified atom stereocenters. The van der Waals surface area contributed by atoms with Crippen LogP contribution in [0.1, 0.15) is 48.3 Å². The molecule has 1 aliphatic rings. The van der Waals surface area contributed by atoms with Crippen LogP contribution in [0.15, 0.2) is 41.8 Å². The maximum absolute atomic E-state index is 12.5. The van der Waals surface area contributed by atoms with Crippen LogP contribution < -0.4 is 0 Å². The van der Waals surface area contributed by atoms with E-state index in [1.54, 1.807) is 11.3 Å². The minimum absolute atomic E-state index is 0.00866. The first-order valence-corrected chi connectivity index (χ1v) is 9.53. The summed E-state index contributed by atoms with van der Waals surface area (Å²) in [6.45, 7) is 6.36. The van der Waals surface area contributed by atoms with Gasteiger partial charge in [-0.2, -0.15) is 0 Å². The van der Waals surface area contributed by atoms with E-state index >= 15 is 0 Å². The van der Waals surface area contributed by atoms with Crippen LogP contribution in [0.3, 0.4) is 0 Å². The predicted molar refractivity (Wildman–Crippen MR) is 98.4 cm³/mol. The number of amides is 1. The fourth-order valence-corrected chi connectivity index (χ4v) is 3.73. The zero-order valence-electron chi connectivity index (χ0n) is 14.4. The molecule has 24 heavy (non-hydrogen) atoms. The van der Waals surface area contributed by atoms with Crippen LogP contribution in [0, 0.1) is 0 Å². The number of hydrogen-bond donors (Lipinski definition) is 0. The second-order valence-corrected chi connectivity index (χ2v) is 7.63. The molecule has 4 heteroatoms. The van der Waals surface area contributed by atoms with Crippen LogP contribution in [0.4, 0.5) is 0 Å². The van der Waals surface area contributed by atoms with Crippen molar-refractivity contribution >= 4 is 17.2 Å². The maximum atomic E-state index is 12.5. The third-order valence-corrected chi connectivity index (χ3v) is 5.50. The monoisotopic (exact) mass is 343 g/mol. The van der Waals surface area contributed by atoms with Crippen LogP contribution in [0.5, 0.6) is 0 Å². The van der Waals surface area contributed by atoms with Crippen molar-refractivity contribution in [1.29, 1.82) is 0 Å². The van der Waals surface area contributed by atoms with Gasteiger partial charge < -0.3 is 9.64 Å². The molecule has 3 nitrogen and oxygen atoms in total. The molecule has 1 aromatic heterocycles. The van der Waals surface area contributed by atoms with E-state index in [1.165, 1.54) is 10.4 Å². The average Bonchev–Trinajstić information content (AvgIpc) is 3.13. The summed E-state index contributed by atoms with van der Waals surface area (Å²) >= 11 is 1.72. The number of benzene rings is 1. The molecule has 1 fully saturated rings. The number of aryl methyl sites for hydroxylation is 1. The van der Waals surface area contributed by atoms with Gasteiger partial charge in [0.1, 0.15) is 6.10 Å². The molecule has 1 amide bonds. The first-order chi connectivity index (χ1) is 11.6. The number of carbonyl (C=O) groups excluding carboxylic acids is 1. The molecular weight excluding hydrogens is 318 g/mol. The summed E-state index contributed by atoms with van der Waals surface area (Å²) in [6, 6.07) is 12.7. The first-order valence-electron chi connectivity index (χ1n) is 8.65. The van der Waals surface area contributed by atoms with E-state index < -0.39 is 0 Å². The molecule has 2 aromatic rings. The van der Waals surface area contributed by atoms with Gasteiger partial charge in [0.2, 0.25) is 5.91 Å². The highest BCUT2D eigenvalue weighted by Gasteiger charge is 2.25. The molecule has 0 bridgehead atoms. The zero-order valence-corrected chi connectivity index (χ0v) is 15.2. The molecule has 0 spiro atoms. The predicted octanol–water partition coefficient (Wildman–Crippen LogP) is 4.40. The van der Waals surface area contributed by atoms with Crippen molar-refractivity contribution in [2.24, 2.45) is 0 Å². The molecule has 0 N–H and O–H groups in total. The van der Waals surface area contributed by atoms with Crippen molar-refractivity contribution in [3.8, 4) is 0 Å².